The van der Waals surface area contributed by atoms with Gasteiger partial charge in [-0.2, -0.15) is 0 Å². The van der Waals surface area contributed by atoms with Gasteiger partial charge in [0.15, 0.2) is 12.4 Å². The average molecular weight is 446 g/mol. The van der Waals surface area contributed by atoms with Crippen molar-refractivity contribution in [2.75, 3.05) is 39.3 Å². The highest BCUT2D eigenvalue weighted by molar-refractivity contribution is 5.99. The number of Topliss-reactive ketones (excluding diaryl/α,β-unsaturated/α-hetero) is 1. The van der Waals surface area contributed by atoms with Crippen molar-refractivity contribution in [1.82, 2.24) is 14.4 Å². The Morgan fingerprint density at radius 3 is 2.21 bits per heavy atom. The van der Waals surface area contributed by atoms with Crippen LogP contribution in [0.4, 0.5) is 0 Å². The molecule has 1 amide bonds. The minimum absolute atomic E-state index is 0.0204. The van der Waals surface area contributed by atoms with E-state index in [1.165, 1.54) is 0 Å². The maximum absolute atomic E-state index is 13.1. The van der Waals surface area contributed by atoms with Gasteiger partial charge in [0, 0.05) is 48.8 Å². The number of ether oxygens (including phenoxy) is 1. The smallest absolute Gasteiger partial charge is 0.260 e. The number of nitrogens with zero attached hydrogens (tertiary/aromatic N) is 3. The molecule has 0 radical (unpaired) electrons. The van der Waals surface area contributed by atoms with Gasteiger partial charge in [-0.05, 0) is 51.1 Å². The molecule has 0 unspecified atom stereocenters. The molecule has 1 aromatic heterocycles. The lowest BCUT2D eigenvalue weighted by molar-refractivity contribution is -0.135. The predicted octanol–water partition coefficient (Wildman–Crippen LogP) is 3.81. The largest absolute Gasteiger partial charge is 0.484 e. The molecule has 172 valence electrons. The fraction of sp³-hybridized carbons (Fsp3) is 0.333. The molecule has 3 aromatic rings. The third-order valence-corrected chi connectivity index (χ3v) is 6.22. The summed E-state index contributed by atoms with van der Waals surface area (Å²) in [7, 11) is 0. The Morgan fingerprint density at radius 2 is 1.55 bits per heavy atom. The van der Waals surface area contributed by atoms with Crippen molar-refractivity contribution in [3.8, 4) is 11.4 Å². The highest BCUT2D eigenvalue weighted by Crippen LogP contribution is 2.21. The molecule has 33 heavy (non-hydrogen) atoms. The number of amides is 1. The van der Waals surface area contributed by atoms with Gasteiger partial charge in [-0.15, -0.1) is 0 Å². The maximum Gasteiger partial charge on any atom is 0.260 e. The lowest BCUT2D eigenvalue weighted by Gasteiger charge is -2.34. The van der Waals surface area contributed by atoms with E-state index in [2.05, 4.69) is 9.47 Å². The summed E-state index contributed by atoms with van der Waals surface area (Å²) in [4.78, 5) is 29.5. The third-order valence-electron chi connectivity index (χ3n) is 6.22. The average Bonchev–Trinajstić information content (AvgIpc) is 3.13. The van der Waals surface area contributed by atoms with Crippen LogP contribution >= 0.6 is 0 Å². The number of rotatable bonds is 7. The molecule has 2 aromatic carbocycles. The van der Waals surface area contributed by atoms with Gasteiger partial charge < -0.3 is 14.2 Å². The zero-order valence-corrected chi connectivity index (χ0v) is 19.6. The van der Waals surface area contributed by atoms with Crippen LogP contribution < -0.4 is 4.74 Å². The SMILES string of the molecule is Cc1ccc(OCC(=O)N2CCN(CC(=O)c3cc(C)n(-c4ccccc4)c3C)CC2)cc1. The summed E-state index contributed by atoms with van der Waals surface area (Å²) in [6, 6.07) is 19.8. The summed E-state index contributed by atoms with van der Waals surface area (Å²) < 4.78 is 7.75. The van der Waals surface area contributed by atoms with Gasteiger partial charge >= 0.3 is 0 Å². The number of hydrogen-bond donors (Lipinski definition) is 0. The first-order valence-corrected chi connectivity index (χ1v) is 11.4. The molecule has 0 atom stereocenters. The van der Waals surface area contributed by atoms with Crippen molar-refractivity contribution in [3.63, 3.8) is 0 Å². The third kappa shape index (κ3) is 5.34. The normalized spacial score (nSPS) is 14.3. The summed E-state index contributed by atoms with van der Waals surface area (Å²) in [5.41, 5.74) is 4.99. The van der Waals surface area contributed by atoms with E-state index in [0.29, 0.717) is 38.5 Å². The van der Waals surface area contributed by atoms with Crippen molar-refractivity contribution in [2.24, 2.45) is 0 Å². The summed E-state index contributed by atoms with van der Waals surface area (Å²) in [5.74, 6) is 0.798. The summed E-state index contributed by atoms with van der Waals surface area (Å²) in [5, 5.41) is 0. The molecule has 1 aliphatic heterocycles. The molecule has 1 fully saturated rings. The van der Waals surface area contributed by atoms with Crippen molar-refractivity contribution < 1.29 is 14.3 Å². The zero-order chi connectivity index (χ0) is 23.4. The molecule has 0 N–H and O–H groups in total. The quantitative estimate of drug-likeness (QED) is 0.519. The number of aryl methyl sites for hydroxylation is 2. The Bertz CT molecular complexity index is 1110. The van der Waals surface area contributed by atoms with E-state index in [0.717, 1.165) is 28.2 Å². The first-order valence-electron chi connectivity index (χ1n) is 11.4. The van der Waals surface area contributed by atoms with Gasteiger partial charge in [0.25, 0.3) is 5.91 Å². The highest BCUT2D eigenvalue weighted by Gasteiger charge is 2.24. The van der Waals surface area contributed by atoms with Crippen LogP contribution in [0, 0.1) is 20.8 Å². The number of hydrogen-bond acceptors (Lipinski definition) is 4. The van der Waals surface area contributed by atoms with Gasteiger partial charge in [-0.3, -0.25) is 14.5 Å². The van der Waals surface area contributed by atoms with E-state index < -0.39 is 0 Å². The molecule has 0 spiro atoms. The summed E-state index contributed by atoms with van der Waals surface area (Å²) in [6.45, 7) is 9.00. The predicted molar refractivity (Wildman–Crippen MR) is 129 cm³/mol. The second kappa shape index (κ2) is 10.0. The van der Waals surface area contributed by atoms with Gasteiger partial charge in [0.2, 0.25) is 0 Å². The number of benzene rings is 2. The number of piperazine rings is 1. The van der Waals surface area contributed by atoms with Crippen LogP contribution in [0.5, 0.6) is 5.75 Å². The van der Waals surface area contributed by atoms with E-state index in [4.69, 9.17) is 4.74 Å². The summed E-state index contributed by atoms with van der Waals surface area (Å²) in [6.07, 6.45) is 0. The Hall–Kier alpha value is -3.38. The van der Waals surface area contributed by atoms with E-state index in [1.54, 1.807) is 0 Å². The van der Waals surface area contributed by atoms with Gasteiger partial charge in [-0.25, -0.2) is 0 Å². The molecule has 1 aliphatic rings. The molecule has 4 rings (SSSR count). The first kappa shape index (κ1) is 22.8. The van der Waals surface area contributed by atoms with Gasteiger partial charge in [-0.1, -0.05) is 35.9 Å². The Kier molecular flexibility index (Phi) is 6.94. The topological polar surface area (TPSA) is 54.8 Å². The molecule has 0 bridgehead atoms. The van der Waals surface area contributed by atoms with E-state index in [1.807, 2.05) is 86.3 Å². The van der Waals surface area contributed by atoms with E-state index in [-0.39, 0.29) is 18.3 Å². The molecular weight excluding hydrogens is 414 g/mol. The lowest BCUT2D eigenvalue weighted by Crippen LogP contribution is -2.51. The molecule has 1 saturated heterocycles. The minimum atomic E-state index is -0.0204. The van der Waals surface area contributed by atoms with Crippen molar-refractivity contribution in [3.05, 3.63) is 83.2 Å². The van der Waals surface area contributed by atoms with Crippen LogP contribution in [-0.2, 0) is 4.79 Å². The van der Waals surface area contributed by atoms with Crippen LogP contribution in [0.1, 0.15) is 27.3 Å². The number of carbonyl (C=O) groups is 2. The van der Waals surface area contributed by atoms with Crippen molar-refractivity contribution in [1.29, 1.82) is 0 Å². The van der Waals surface area contributed by atoms with Crippen LogP contribution in [0.25, 0.3) is 5.69 Å². The number of para-hydroxylation sites is 1. The second-order valence-corrected chi connectivity index (χ2v) is 8.64. The summed E-state index contributed by atoms with van der Waals surface area (Å²) >= 11 is 0. The van der Waals surface area contributed by atoms with Crippen molar-refractivity contribution in [2.45, 2.75) is 20.8 Å². The Labute approximate surface area is 195 Å². The number of carbonyl (C=O) groups excluding carboxylic acids is 2. The van der Waals surface area contributed by atoms with Crippen molar-refractivity contribution >= 4 is 11.7 Å². The second-order valence-electron chi connectivity index (χ2n) is 8.64. The van der Waals surface area contributed by atoms with E-state index in [9.17, 15) is 9.59 Å². The Morgan fingerprint density at radius 1 is 0.879 bits per heavy atom. The van der Waals surface area contributed by atoms with E-state index >= 15 is 0 Å². The molecule has 0 saturated carbocycles. The molecule has 0 aliphatic carbocycles. The van der Waals surface area contributed by atoms with Crippen LogP contribution in [0.2, 0.25) is 0 Å². The standard InChI is InChI=1S/C27H31N3O3/c1-20-9-11-24(12-10-20)33-19-27(32)29-15-13-28(14-16-29)18-26(31)25-17-21(2)30(22(25)3)23-7-5-4-6-8-23/h4-12,17H,13-16,18-19H2,1-3H3. The maximum atomic E-state index is 13.1. The number of aromatic nitrogens is 1. The van der Waals surface area contributed by atoms with Crippen LogP contribution in [-0.4, -0.2) is 65.4 Å². The van der Waals surface area contributed by atoms with Gasteiger partial charge in [0.05, 0.1) is 6.54 Å². The molecular formula is C27H31N3O3. The van der Waals surface area contributed by atoms with Crippen LogP contribution in [0.15, 0.2) is 60.7 Å². The fourth-order valence-corrected chi connectivity index (χ4v) is 4.33. The first-order chi connectivity index (χ1) is 15.9. The highest BCUT2D eigenvalue weighted by atomic mass is 16.5. The molecule has 6 heteroatoms. The minimum Gasteiger partial charge on any atom is -0.484 e. The Balaban J connectivity index is 1.30. The van der Waals surface area contributed by atoms with Crippen LogP contribution in [0.3, 0.4) is 0 Å². The zero-order valence-electron chi connectivity index (χ0n) is 19.6. The monoisotopic (exact) mass is 445 g/mol. The fourth-order valence-electron chi connectivity index (χ4n) is 4.33. The number of ketones is 1. The molecule has 6 nitrogen and oxygen atoms in total. The molecule has 2 heterocycles. The lowest BCUT2D eigenvalue weighted by atomic mass is 10.1. The van der Waals surface area contributed by atoms with Gasteiger partial charge in [0.1, 0.15) is 5.75 Å².